The zero-order valence-corrected chi connectivity index (χ0v) is 6.72. The molecular formula is C8H10F2N2. The summed E-state index contributed by atoms with van der Waals surface area (Å²) in [7, 11) is 0. The quantitative estimate of drug-likeness (QED) is 0.754. The fourth-order valence-electron chi connectivity index (χ4n) is 0.823. The third kappa shape index (κ3) is 2.82. The molecule has 1 heterocycles. The minimum absolute atomic E-state index is 0.351. The van der Waals surface area contributed by atoms with Gasteiger partial charge in [0.1, 0.15) is 5.82 Å². The molecule has 0 aliphatic carbocycles. The van der Waals surface area contributed by atoms with E-state index in [0.717, 1.165) is 5.69 Å². The monoisotopic (exact) mass is 172 g/mol. The van der Waals surface area contributed by atoms with E-state index in [9.17, 15) is 8.78 Å². The Bertz CT molecular complexity index is 251. The molecule has 0 bridgehead atoms. The highest BCUT2D eigenvalue weighted by Gasteiger charge is 2.01. The highest BCUT2D eigenvalue weighted by molar-refractivity contribution is 5.34. The fourth-order valence-corrected chi connectivity index (χ4v) is 0.823. The zero-order valence-electron chi connectivity index (χ0n) is 6.72. The average molecular weight is 172 g/mol. The van der Waals surface area contributed by atoms with Crippen molar-refractivity contribution in [3.8, 4) is 0 Å². The summed E-state index contributed by atoms with van der Waals surface area (Å²) in [5, 5.41) is 2.52. The molecule has 0 amide bonds. The molecule has 12 heavy (non-hydrogen) atoms. The Morgan fingerprint density at radius 3 is 2.83 bits per heavy atom. The molecule has 0 spiro atoms. The van der Waals surface area contributed by atoms with Crippen LogP contribution < -0.4 is 5.32 Å². The Balaban J connectivity index is 2.52. The Hall–Kier alpha value is -1.19. The summed E-state index contributed by atoms with van der Waals surface area (Å²) >= 11 is 0. The van der Waals surface area contributed by atoms with Crippen LogP contribution in [0.25, 0.3) is 0 Å². The lowest BCUT2D eigenvalue weighted by Crippen LogP contribution is -2.11. The molecule has 2 nitrogen and oxygen atoms in total. The van der Waals surface area contributed by atoms with Crippen molar-refractivity contribution in [3.63, 3.8) is 0 Å². The van der Waals surface area contributed by atoms with Crippen molar-refractivity contribution in [2.45, 2.75) is 13.3 Å². The normalized spacial score (nSPS) is 10.3. The smallest absolute Gasteiger partial charge is 0.255 e. The number of hydrogen-bond donors (Lipinski definition) is 1. The number of rotatable bonds is 3. The van der Waals surface area contributed by atoms with Crippen molar-refractivity contribution in [3.05, 3.63) is 23.9 Å². The molecule has 0 aliphatic heterocycles. The molecular weight excluding hydrogens is 162 g/mol. The lowest BCUT2D eigenvalue weighted by Gasteiger charge is -2.04. The van der Waals surface area contributed by atoms with Crippen LogP contribution in [-0.4, -0.2) is 18.0 Å². The first-order valence-corrected chi connectivity index (χ1v) is 3.64. The summed E-state index contributed by atoms with van der Waals surface area (Å²) < 4.78 is 23.5. The predicted molar refractivity (Wildman–Crippen MR) is 43.5 cm³/mol. The average Bonchev–Trinajstić information content (AvgIpc) is 2.01. The van der Waals surface area contributed by atoms with E-state index >= 15 is 0 Å². The van der Waals surface area contributed by atoms with Crippen molar-refractivity contribution in [2.75, 3.05) is 11.9 Å². The lowest BCUT2D eigenvalue weighted by molar-refractivity contribution is 0.163. The Kier molecular flexibility index (Phi) is 2.96. The van der Waals surface area contributed by atoms with Crippen molar-refractivity contribution >= 4 is 5.82 Å². The van der Waals surface area contributed by atoms with Gasteiger partial charge in [-0.05, 0) is 19.1 Å². The van der Waals surface area contributed by atoms with Gasteiger partial charge in [-0.15, -0.1) is 0 Å². The maximum Gasteiger partial charge on any atom is 0.255 e. The number of hydrogen-bond acceptors (Lipinski definition) is 2. The molecule has 0 fully saturated rings. The van der Waals surface area contributed by atoms with E-state index in [2.05, 4.69) is 10.3 Å². The van der Waals surface area contributed by atoms with Crippen LogP contribution >= 0.6 is 0 Å². The minimum Gasteiger partial charge on any atom is -0.364 e. The van der Waals surface area contributed by atoms with Gasteiger partial charge in [-0.3, -0.25) is 0 Å². The molecule has 0 unspecified atom stereocenters. The first kappa shape index (κ1) is 8.90. The Morgan fingerprint density at radius 1 is 1.50 bits per heavy atom. The summed E-state index contributed by atoms with van der Waals surface area (Å²) in [6.45, 7) is 1.46. The van der Waals surface area contributed by atoms with Crippen LogP contribution in [0.5, 0.6) is 0 Å². The molecule has 0 atom stereocenters. The minimum atomic E-state index is -2.34. The van der Waals surface area contributed by atoms with Gasteiger partial charge in [0.2, 0.25) is 0 Å². The standard InChI is InChI=1S/C8H10F2N2/c1-6-3-2-4-8(12-6)11-5-7(9)10/h2-4,7H,5H2,1H3,(H,11,12). The van der Waals surface area contributed by atoms with Gasteiger partial charge in [0.25, 0.3) is 6.43 Å². The van der Waals surface area contributed by atoms with Gasteiger partial charge in [0, 0.05) is 5.69 Å². The van der Waals surface area contributed by atoms with Gasteiger partial charge in [-0.1, -0.05) is 6.07 Å². The molecule has 0 aliphatic rings. The number of aryl methyl sites for hydroxylation is 1. The second-order valence-corrected chi connectivity index (χ2v) is 2.44. The van der Waals surface area contributed by atoms with Crippen molar-refractivity contribution in [1.82, 2.24) is 4.98 Å². The molecule has 0 radical (unpaired) electrons. The van der Waals surface area contributed by atoms with E-state index in [1.807, 2.05) is 13.0 Å². The topological polar surface area (TPSA) is 24.9 Å². The van der Waals surface area contributed by atoms with Gasteiger partial charge in [-0.2, -0.15) is 0 Å². The van der Waals surface area contributed by atoms with E-state index in [4.69, 9.17) is 0 Å². The molecule has 1 rings (SSSR count). The summed E-state index contributed by atoms with van der Waals surface area (Å²) in [6, 6.07) is 5.25. The fraction of sp³-hybridized carbons (Fsp3) is 0.375. The Labute approximate surface area is 69.6 Å². The molecule has 0 aromatic carbocycles. The Morgan fingerprint density at radius 2 is 2.25 bits per heavy atom. The van der Waals surface area contributed by atoms with Gasteiger partial charge >= 0.3 is 0 Å². The van der Waals surface area contributed by atoms with Gasteiger partial charge in [-0.25, -0.2) is 13.8 Å². The maximum atomic E-state index is 11.7. The maximum absolute atomic E-state index is 11.7. The van der Waals surface area contributed by atoms with Crippen LogP contribution in [0.4, 0.5) is 14.6 Å². The summed E-state index contributed by atoms with van der Waals surface area (Å²) in [5.41, 5.74) is 0.814. The van der Waals surface area contributed by atoms with E-state index in [-0.39, 0.29) is 6.54 Å². The second-order valence-electron chi connectivity index (χ2n) is 2.44. The van der Waals surface area contributed by atoms with E-state index in [1.165, 1.54) is 0 Å². The third-order valence-corrected chi connectivity index (χ3v) is 1.33. The molecule has 0 saturated heterocycles. The van der Waals surface area contributed by atoms with Crippen LogP contribution in [0, 0.1) is 6.92 Å². The summed E-state index contributed by atoms with van der Waals surface area (Å²) in [4.78, 5) is 4.00. The zero-order chi connectivity index (χ0) is 8.97. The highest BCUT2D eigenvalue weighted by Crippen LogP contribution is 2.04. The van der Waals surface area contributed by atoms with Crippen LogP contribution in [0.2, 0.25) is 0 Å². The van der Waals surface area contributed by atoms with Crippen molar-refractivity contribution in [1.29, 1.82) is 0 Å². The van der Waals surface area contributed by atoms with Gasteiger partial charge < -0.3 is 5.32 Å². The molecule has 66 valence electrons. The third-order valence-electron chi connectivity index (χ3n) is 1.33. The second kappa shape index (κ2) is 3.99. The number of pyridine rings is 1. The van der Waals surface area contributed by atoms with E-state index in [1.54, 1.807) is 12.1 Å². The summed E-state index contributed by atoms with van der Waals surface area (Å²) in [5.74, 6) is 0.496. The van der Waals surface area contributed by atoms with Gasteiger partial charge in [0.15, 0.2) is 0 Å². The molecule has 1 aromatic heterocycles. The molecule has 0 saturated carbocycles. The number of anilines is 1. The van der Waals surface area contributed by atoms with E-state index < -0.39 is 6.43 Å². The lowest BCUT2D eigenvalue weighted by atomic mass is 10.4. The van der Waals surface area contributed by atoms with Crippen molar-refractivity contribution < 1.29 is 8.78 Å². The molecule has 1 N–H and O–H groups in total. The van der Waals surface area contributed by atoms with E-state index in [0.29, 0.717) is 5.82 Å². The highest BCUT2D eigenvalue weighted by atomic mass is 19.3. The number of aromatic nitrogens is 1. The SMILES string of the molecule is Cc1cccc(NCC(F)F)n1. The van der Waals surface area contributed by atoms with Crippen molar-refractivity contribution in [2.24, 2.45) is 0 Å². The first-order chi connectivity index (χ1) is 5.68. The first-order valence-electron chi connectivity index (χ1n) is 3.64. The molecule has 1 aromatic rings. The van der Waals surface area contributed by atoms with Crippen LogP contribution in [-0.2, 0) is 0 Å². The summed E-state index contributed by atoms with van der Waals surface area (Å²) in [6.07, 6.45) is -2.34. The predicted octanol–water partition coefficient (Wildman–Crippen LogP) is 2.07. The van der Waals surface area contributed by atoms with Crippen LogP contribution in [0.15, 0.2) is 18.2 Å². The molecule has 4 heteroatoms. The number of nitrogens with zero attached hydrogens (tertiary/aromatic N) is 1. The largest absolute Gasteiger partial charge is 0.364 e. The van der Waals surface area contributed by atoms with Gasteiger partial charge in [0.05, 0.1) is 6.54 Å². The van der Waals surface area contributed by atoms with Crippen LogP contribution in [0.1, 0.15) is 5.69 Å². The number of alkyl halides is 2. The number of nitrogens with one attached hydrogen (secondary N) is 1. The van der Waals surface area contributed by atoms with Crippen LogP contribution in [0.3, 0.4) is 0 Å². The number of halogens is 2.